The molecule has 0 amide bonds. The van der Waals surface area contributed by atoms with Crippen LogP contribution in [-0.2, 0) is 14.3 Å². The molecule has 0 spiro atoms. The van der Waals surface area contributed by atoms with Gasteiger partial charge in [-0.15, -0.1) is 0 Å². The number of nitriles is 1. The van der Waals surface area contributed by atoms with Gasteiger partial charge in [-0.25, -0.2) is 4.79 Å². The van der Waals surface area contributed by atoms with Crippen LogP contribution in [0.3, 0.4) is 0 Å². The maximum absolute atomic E-state index is 12.2. The summed E-state index contributed by atoms with van der Waals surface area (Å²) in [5.74, 6) is 0.243. The van der Waals surface area contributed by atoms with Crippen LogP contribution in [0.25, 0.3) is 6.08 Å². The third-order valence-electron chi connectivity index (χ3n) is 3.96. The summed E-state index contributed by atoms with van der Waals surface area (Å²) in [6.45, 7) is 4.39. The van der Waals surface area contributed by atoms with Crippen molar-refractivity contribution in [3.63, 3.8) is 0 Å². The third kappa shape index (κ3) is 7.86. The van der Waals surface area contributed by atoms with Crippen molar-refractivity contribution in [3.05, 3.63) is 59.7 Å². The van der Waals surface area contributed by atoms with Crippen LogP contribution in [0, 0.1) is 11.3 Å². The highest BCUT2D eigenvalue weighted by Crippen LogP contribution is 2.30. The molecule has 31 heavy (non-hydrogen) atoms. The van der Waals surface area contributed by atoms with E-state index in [4.69, 9.17) is 18.9 Å². The number of para-hydroxylation sites is 1. The molecule has 0 aromatic heterocycles. The molecule has 0 bridgehead atoms. The van der Waals surface area contributed by atoms with Crippen molar-refractivity contribution in [1.29, 1.82) is 5.26 Å². The number of benzene rings is 2. The Balaban J connectivity index is 1.99. The molecule has 0 fully saturated rings. The van der Waals surface area contributed by atoms with E-state index in [1.54, 1.807) is 32.0 Å². The SMILES string of the molecule is CCOC(=O)/C(C#N)=C/c1ccc(OC(=O)CCCOc2ccccc2)c(OCC)c1. The topological polar surface area (TPSA) is 94.9 Å². The maximum Gasteiger partial charge on any atom is 0.348 e. The second-order valence-corrected chi connectivity index (χ2v) is 6.27. The van der Waals surface area contributed by atoms with E-state index in [1.807, 2.05) is 36.4 Å². The smallest absolute Gasteiger partial charge is 0.348 e. The summed E-state index contributed by atoms with van der Waals surface area (Å²) >= 11 is 0. The fourth-order valence-corrected chi connectivity index (χ4v) is 2.58. The van der Waals surface area contributed by atoms with Gasteiger partial charge in [-0.3, -0.25) is 4.79 Å². The molecule has 0 heterocycles. The Labute approximate surface area is 181 Å². The highest BCUT2D eigenvalue weighted by Gasteiger charge is 2.14. The molecule has 162 valence electrons. The summed E-state index contributed by atoms with van der Waals surface area (Å²) in [7, 11) is 0. The number of hydrogen-bond donors (Lipinski definition) is 0. The number of rotatable bonds is 11. The average molecular weight is 423 g/mol. The molecule has 0 saturated carbocycles. The largest absolute Gasteiger partial charge is 0.494 e. The molecule has 0 aliphatic rings. The fourth-order valence-electron chi connectivity index (χ4n) is 2.58. The number of esters is 2. The van der Waals surface area contributed by atoms with Crippen molar-refractivity contribution in [2.24, 2.45) is 0 Å². The predicted octanol–water partition coefficient (Wildman–Crippen LogP) is 4.32. The molecule has 0 aliphatic carbocycles. The average Bonchev–Trinajstić information content (AvgIpc) is 2.77. The van der Waals surface area contributed by atoms with Crippen molar-refractivity contribution in [2.45, 2.75) is 26.7 Å². The second kappa shape index (κ2) is 12.7. The molecule has 0 radical (unpaired) electrons. The molecular weight excluding hydrogens is 398 g/mol. The lowest BCUT2D eigenvalue weighted by atomic mass is 10.1. The van der Waals surface area contributed by atoms with Crippen LogP contribution < -0.4 is 14.2 Å². The van der Waals surface area contributed by atoms with Gasteiger partial charge in [-0.1, -0.05) is 24.3 Å². The van der Waals surface area contributed by atoms with Crippen LogP contribution in [-0.4, -0.2) is 31.8 Å². The monoisotopic (exact) mass is 423 g/mol. The Morgan fingerprint density at radius 3 is 2.45 bits per heavy atom. The Kier molecular flexibility index (Phi) is 9.63. The van der Waals surface area contributed by atoms with Gasteiger partial charge >= 0.3 is 11.9 Å². The van der Waals surface area contributed by atoms with Gasteiger partial charge in [0.15, 0.2) is 11.5 Å². The van der Waals surface area contributed by atoms with Crippen molar-refractivity contribution >= 4 is 18.0 Å². The zero-order valence-electron chi connectivity index (χ0n) is 17.6. The number of carbonyl (C=O) groups excluding carboxylic acids is 2. The number of hydrogen-bond acceptors (Lipinski definition) is 7. The van der Waals surface area contributed by atoms with Gasteiger partial charge in [0.25, 0.3) is 0 Å². The van der Waals surface area contributed by atoms with Gasteiger partial charge in [0.1, 0.15) is 17.4 Å². The quantitative estimate of drug-likeness (QED) is 0.175. The number of ether oxygens (including phenoxy) is 4. The minimum Gasteiger partial charge on any atom is -0.494 e. The lowest BCUT2D eigenvalue weighted by molar-refractivity contribution is -0.138. The Morgan fingerprint density at radius 1 is 1.00 bits per heavy atom. The van der Waals surface area contributed by atoms with E-state index in [0.29, 0.717) is 30.9 Å². The zero-order valence-corrected chi connectivity index (χ0v) is 17.6. The number of nitrogens with zero attached hydrogens (tertiary/aromatic N) is 1. The molecule has 0 N–H and O–H groups in total. The second-order valence-electron chi connectivity index (χ2n) is 6.27. The van der Waals surface area contributed by atoms with Crippen molar-refractivity contribution in [1.82, 2.24) is 0 Å². The molecule has 0 aliphatic heterocycles. The zero-order chi connectivity index (χ0) is 22.5. The van der Waals surface area contributed by atoms with Gasteiger partial charge in [-0.05, 0) is 56.2 Å². The Morgan fingerprint density at radius 2 is 1.77 bits per heavy atom. The van der Waals surface area contributed by atoms with Crippen molar-refractivity contribution in [2.75, 3.05) is 19.8 Å². The van der Waals surface area contributed by atoms with Crippen molar-refractivity contribution in [3.8, 4) is 23.3 Å². The fraction of sp³-hybridized carbons (Fsp3) is 0.292. The van der Waals surface area contributed by atoms with Crippen LogP contribution in [0.4, 0.5) is 0 Å². The molecule has 2 rings (SSSR count). The maximum atomic E-state index is 12.2. The Hall–Kier alpha value is -3.79. The molecule has 0 unspecified atom stereocenters. The Bertz CT molecular complexity index is 946. The van der Waals surface area contributed by atoms with E-state index >= 15 is 0 Å². The normalized spacial score (nSPS) is 10.7. The van der Waals surface area contributed by atoms with Crippen LogP contribution in [0.15, 0.2) is 54.1 Å². The lowest BCUT2D eigenvalue weighted by Gasteiger charge is -2.12. The molecule has 0 atom stereocenters. The summed E-state index contributed by atoms with van der Waals surface area (Å²) in [6, 6.07) is 16.0. The molecule has 0 saturated heterocycles. The summed E-state index contributed by atoms with van der Waals surface area (Å²) in [5, 5.41) is 9.18. The van der Waals surface area contributed by atoms with E-state index in [9.17, 15) is 14.9 Å². The molecule has 7 heteroatoms. The third-order valence-corrected chi connectivity index (χ3v) is 3.96. The van der Waals surface area contributed by atoms with E-state index in [1.165, 1.54) is 6.08 Å². The lowest BCUT2D eigenvalue weighted by Crippen LogP contribution is -2.11. The van der Waals surface area contributed by atoms with E-state index in [0.717, 1.165) is 5.75 Å². The predicted molar refractivity (Wildman–Crippen MR) is 115 cm³/mol. The molecule has 7 nitrogen and oxygen atoms in total. The van der Waals surface area contributed by atoms with Gasteiger partial charge in [-0.2, -0.15) is 5.26 Å². The van der Waals surface area contributed by atoms with Crippen LogP contribution in [0.2, 0.25) is 0 Å². The minimum atomic E-state index is -0.698. The number of carbonyl (C=O) groups is 2. The first-order valence-electron chi connectivity index (χ1n) is 10.0. The minimum absolute atomic E-state index is 0.132. The van der Waals surface area contributed by atoms with Gasteiger partial charge in [0, 0.05) is 6.42 Å². The van der Waals surface area contributed by atoms with Crippen molar-refractivity contribution < 1.29 is 28.5 Å². The first-order chi connectivity index (χ1) is 15.1. The summed E-state index contributed by atoms with van der Waals surface area (Å²) in [5.41, 5.74) is 0.413. The van der Waals surface area contributed by atoms with Gasteiger partial charge in [0.05, 0.1) is 19.8 Å². The summed E-state index contributed by atoms with van der Waals surface area (Å²) in [4.78, 5) is 24.0. The van der Waals surface area contributed by atoms with Crippen LogP contribution >= 0.6 is 0 Å². The highest BCUT2D eigenvalue weighted by molar-refractivity contribution is 5.98. The van der Waals surface area contributed by atoms with Gasteiger partial charge < -0.3 is 18.9 Å². The van der Waals surface area contributed by atoms with E-state index < -0.39 is 11.9 Å². The standard InChI is InChI=1S/C24H25NO6/c1-3-28-22-16-18(15-19(17-25)24(27)29-4-2)12-13-21(22)31-23(26)11-8-14-30-20-9-6-5-7-10-20/h5-7,9-10,12-13,15-16H,3-4,8,11,14H2,1-2H3/b19-15+. The first-order valence-corrected chi connectivity index (χ1v) is 10.0. The molecule has 2 aromatic rings. The summed E-state index contributed by atoms with van der Waals surface area (Å²) in [6.07, 6.45) is 2.08. The molecular formula is C24H25NO6. The van der Waals surface area contributed by atoms with Gasteiger partial charge in [0.2, 0.25) is 0 Å². The van der Waals surface area contributed by atoms with Crippen LogP contribution in [0.5, 0.6) is 17.2 Å². The van der Waals surface area contributed by atoms with E-state index in [-0.39, 0.29) is 24.4 Å². The summed E-state index contributed by atoms with van der Waals surface area (Å²) < 4.78 is 21.4. The first kappa shape index (κ1) is 23.5. The molecule has 2 aromatic carbocycles. The van der Waals surface area contributed by atoms with Crippen LogP contribution in [0.1, 0.15) is 32.3 Å². The van der Waals surface area contributed by atoms with E-state index in [2.05, 4.69) is 0 Å². The highest BCUT2D eigenvalue weighted by atomic mass is 16.6.